The first-order chi connectivity index (χ1) is 11.0. The first kappa shape index (κ1) is 17.7. The first-order valence-electron chi connectivity index (χ1n) is 8.46. The van der Waals surface area contributed by atoms with Gasteiger partial charge >= 0.3 is 5.97 Å². The van der Waals surface area contributed by atoms with E-state index >= 15 is 0 Å². The molecule has 2 rings (SSSR count). The van der Waals surface area contributed by atoms with Crippen molar-refractivity contribution in [3.8, 4) is 0 Å². The highest BCUT2D eigenvalue weighted by molar-refractivity contribution is 5.76. The zero-order chi connectivity index (χ0) is 16.8. The molecule has 0 aromatic heterocycles. The van der Waals surface area contributed by atoms with Gasteiger partial charge in [0, 0.05) is 0 Å². The van der Waals surface area contributed by atoms with E-state index in [-0.39, 0.29) is 12.0 Å². The Morgan fingerprint density at radius 1 is 1.30 bits per heavy atom. The first-order valence-corrected chi connectivity index (χ1v) is 8.46. The normalized spacial score (nSPS) is 25.8. The summed E-state index contributed by atoms with van der Waals surface area (Å²) in [5, 5.41) is 0. The van der Waals surface area contributed by atoms with E-state index in [0.29, 0.717) is 18.3 Å². The highest BCUT2D eigenvalue weighted by Crippen LogP contribution is 2.34. The van der Waals surface area contributed by atoms with Crippen molar-refractivity contribution < 1.29 is 14.3 Å². The monoisotopic (exact) mass is 317 g/mol. The predicted octanol–water partition coefficient (Wildman–Crippen LogP) is 2.74. The van der Waals surface area contributed by atoms with Crippen LogP contribution < -0.4 is 5.73 Å². The third kappa shape index (κ3) is 4.90. The molecule has 1 aromatic carbocycles. The summed E-state index contributed by atoms with van der Waals surface area (Å²) in [4.78, 5) is 23.6. The van der Waals surface area contributed by atoms with Crippen molar-refractivity contribution in [3.63, 3.8) is 0 Å². The zero-order valence-corrected chi connectivity index (χ0v) is 14.0. The van der Waals surface area contributed by atoms with Crippen molar-refractivity contribution in [1.29, 1.82) is 0 Å². The molecule has 0 aliphatic heterocycles. The summed E-state index contributed by atoms with van der Waals surface area (Å²) in [5.74, 6) is 0.420. The third-order valence-corrected chi connectivity index (χ3v) is 4.87. The van der Waals surface area contributed by atoms with Crippen molar-refractivity contribution >= 4 is 12.3 Å². The quantitative estimate of drug-likeness (QED) is 0.647. The maximum Gasteiger partial charge on any atom is 0.323 e. The van der Waals surface area contributed by atoms with Crippen molar-refractivity contribution in [2.45, 2.75) is 51.7 Å². The van der Waals surface area contributed by atoms with Crippen LogP contribution in [-0.4, -0.2) is 24.4 Å². The second-order valence-corrected chi connectivity index (χ2v) is 6.89. The van der Waals surface area contributed by atoms with Gasteiger partial charge in [0.15, 0.2) is 0 Å². The lowest BCUT2D eigenvalue weighted by Gasteiger charge is -2.35. The molecule has 0 radical (unpaired) electrons. The van der Waals surface area contributed by atoms with Crippen molar-refractivity contribution in [2.75, 3.05) is 0 Å². The van der Waals surface area contributed by atoms with Gasteiger partial charge in [0.05, 0.1) is 5.92 Å². The highest BCUT2D eigenvalue weighted by atomic mass is 16.5. The summed E-state index contributed by atoms with van der Waals surface area (Å²) in [6, 6.07) is 8.96. The average molecular weight is 317 g/mol. The van der Waals surface area contributed by atoms with E-state index in [1.807, 2.05) is 30.3 Å². The molecule has 0 amide bonds. The molecular formula is C19H27NO3. The Morgan fingerprint density at radius 3 is 2.61 bits per heavy atom. The number of esters is 1. The summed E-state index contributed by atoms with van der Waals surface area (Å²) < 4.78 is 5.61. The number of hydrogen-bond acceptors (Lipinski definition) is 4. The molecule has 1 aliphatic rings. The van der Waals surface area contributed by atoms with Crippen molar-refractivity contribution in [3.05, 3.63) is 35.9 Å². The van der Waals surface area contributed by atoms with Gasteiger partial charge in [0.2, 0.25) is 0 Å². The fourth-order valence-electron chi connectivity index (χ4n) is 3.27. The Balaban J connectivity index is 1.94. The van der Waals surface area contributed by atoms with Gasteiger partial charge in [-0.2, -0.15) is 0 Å². The summed E-state index contributed by atoms with van der Waals surface area (Å²) in [5.41, 5.74) is 6.99. The molecular weight excluding hydrogens is 290 g/mol. The fourth-order valence-corrected chi connectivity index (χ4v) is 3.27. The van der Waals surface area contributed by atoms with Crippen LogP contribution in [0.3, 0.4) is 0 Å². The van der Waals surface area contributed by atoms with Crippen LogP contribution in [0.1, 0.15) is 38.7 Å². The van der Waals surface area contributed by atoms with Gasteiger partial charge in [-0.25, -0.2) is 0 Å². The number of benzene rings is 1. The number of rotatable bonds is 6. The van der Waals surface area contributed by atoms with E-state index in [0.717, 1.165) is 31.1 Å². The number of aldehydes is 1. The molecule has 0 bridgehead atoms. The highest BCUT2D eigenvalue weighted by Gasteiger charge is 2.35. The molecule has 2 N–H and O–H groups in total. The SMILES string of the molecule is CC(C)[C@@H]1CCC(C=O)C(OC(=O)[C@H](N)Cc2ccccc2)C1. The smallest absolute Gasteiger partial charge is 0.323 e. The second-order valence-electron chi connectivity index (χ2n) is 6.89. The van der Waals surface area contributed by atoms with Gasteiger partial charge < -0.3 is 15.3 Å². The van der Waals surface area contributed by atoms with Crippen LogP contribution in [0, 0.1) is 17.8 Å². The molecule has 23 heavy (non-hydrogen) atoms. The van der Waals surface area contributed by atoms with E-state index in [2.05, 4.69) is 13.8 Å². The lowest BCUT2D eigenvalue weighted by Crippen LogP contribution is -2.41. The Kier molecular flexibility index (Phi) is 6.34. The van der Waals surface area contributed by atoms with Crippen LogP contribution in [0.5, 0.6) is 0 Å². The van der Waals surface area contributed by atoms with Gasteiger partial charge in [-0.1, -0.05) is 44.2 Å². The number of carbonyl (C=O) groups excluding carboxylic acids is 2. The third-order valence-electron chi connectivity index (χ3n) is 4.87. The standard InChI is InChI=1S/C19H27NO3/c1-13(2)15-8-9-16(12-21)18(11-15)23-19(22)17(20)10-14-6-4-3-5-7-14/h3-7,12-13,15-18H,8-11,20H2,1-2H3/t15-,16?,17-,18?/m1/s1. The van der Waals surface area contributed by atoms with Gasteiger partial charge in [0.1, 0.15) is 18.4 Å². The van der Waals surface area contributed by atoms with E-state index in [1.54, 1.807) is 0 Å². The number of hydrogen-bond donors (Lipinski definition) is 1. The number of carbonyl (C=O) groups is 2. The van der Waals surface area contributed by atoms with Crippen LogP contribution in [-0.2, 0) is 20.7 Å². The summed E-state index contributed by atoms with van der Waals surface area (Å²) >= 11 is 0. The summed E-state index contributed by atoms with van der Waals surface area (Å²) in [7, 11) is 0. The second kappa shape index (κ2) is 8.25. The topological polar surface area (TPSA) is 69.4 Å². The molecule has 0 spiro atoms. The molecule has 4 atom stereocenters. The molecule has 0 heterocycles. The lowest BCUT2D eigenvalue weighted by atomic mass is 9.75. The van der Waals surface area contributed by atoms with Gasteiger partial charge in [-0.3, -0.25) is 4.79 Å². The lowest BCUT2D eigenvalue weighted by molar-refractivity contribution is -0.157. The molecule has 1 fully saturated rings. The Labute approximate surface area is 138 Å². The summed E-state index contributed by atoms with van der Waals surface area (Å²) in [6.07, 6.45) is 3.61. The fraction of sp³-hybridized carbons (Fsp3) is 0.579. The van der Waals surface area contributed by atoms with Crippen LogP contribution in [0.15, 0.2) is 30.3 Å². The molecule has 0 saturated heterocycles. The van der Waals surface area contributed by atoms with Crippen LogP contribution in [0.4, 0.5) is 0 Å². The van der Waals surface area contributed by atoms with E-state index in [4.69, 9.17) is 10.5 Å². The Morgan fingerprint density at radius 2 is 2.00 bits per heavy atom. The van der Waals surface area contributed by atoms with Crippen LogP contribution >= 0.6 is 0 Å². The molecule has 126 valence electrons. The predicted molar refractivity (Wildman–Crippen MR) is 89.7 cm³/mol. The molecule has 1 aromatic rings. The minimum Gasteiger partial charge on any atom is -0.460 e. The van der Waals surface area contributed by atoms with Crippen molar-refractivity contribution in [2.24, 2.45) is 23.5 Å². The molecule has 4 nitrogen and oxygen atoms in total. The Hall–Kier alpha value is -1.68. The average Bonchev–Trinajstić information content (AvgIpc) is 2.55. The molecule has 1 saturated carbocycles. The van der Waals surface area contributed by atoms with Gasteiger partial charge in [0.25, 0.3) is 0 Å². The maximum absolute atomic E-state index is 12.3. The number of ether oxygens (including phenoxy) is 1. The van der Waals surface area contributed by atoms with E-state index in [1.165, 1.54) is 0 Å². The van der Waals surface area contributed by atoms with E-state index < -0.39 is 12.0 Å². The van der Waals surface area contributed by atoms with E-state index in [9.17, 15) is 9.59 Å². The largest absolute Gasteiger partial charge is 0.460 e. The van der Waals surface area contributed by atoms with Gasteiger partial charge in [-0.05, 0) is 43.1 Å². The van der Waals surface area contributed by atoms with Crippen LogP contribution in [0.2, 0.25) is 0 Å². The zero-order valence-electron chi connectivity index (χ0n) is 14.0. The molecule has 2 unspecified atom stereocenters. The maximum atomic E-state index is 12.3. The number of nitrogens with two attached hydrogens (primary N) is 1. The minimum atomic E-state index is -0.691. The Bertz CT molecular complexity index is 515. The van der Waals surface area contributed by atoms with Gasteiger partial charge in [-0.15, -0.1) is 0 Å². The minimum absolute atomic E-state index is 0.196. The molecule has 1 aliphatic carbocycles. The van der Waals surface area contributed by atoms with Crippen molar-refractivity contribution in [1.82, 2.24) is 0 Å². The van der Waals surface area contributed by atoms with Crippen LogP contribution in [0.25, 0.3) is 0 Å². The molecule has 4 heteroatoms. The summed E-state index contributed by atoms with van der Waals surface area (Å²) in [6.45, 7) is 4.35.